The molecule has 2 aliphatic heterocycles. The molecule has 124 valence electrons. The van der Waals surface area contributed by atoms with Crippen molar-refractivity contribution in [2.45, 2.75) is 63.2 Å². The van der Waals surface area contributed by atoms with Crippen LogP contribution in [0, 0.1) is 5.92 Å². The highest BCUT2D eigenvalue weighted by atomic mass is 35.5. The minimum Gasteiger partial charge on any atom is -0.318 e. The summed E-state index contributed by atoms with van der Waals surface area (Å²) in [6, 6.07) is 5.82. The number of alkyl halides is 1. The molecule has 3 nitrogen and oxygen atoms in total. The molecule has 2 unspecified atom stereocenters. The highest BCUT2D eigenvalue weighted by Crippen LogP contribution is 2.48. The van der Waals surface area contributed by atoms with E-state index in [9.17, 15) is 9.18 Å². The lowest BCUT2D eigenvalue weighted by Crippen LogP contribution is -2.63. The smallest absolute Gasteiger partial charge is 0.318 e. The van der Waals surface area contributed by atoms with Gasteiger partial charge in [-0.25, -0.2) is 9.18 Å². The van der Waals surface area contributed by atoms with Crippen LogP contribution < -0.4 is 5.32 Å². The zero-order valence-corrected chi connectivity index (χ0v) is 14.1. The summed E-state index contributed by atoms with van der Waals surface area (Å²) in [6.45, 7) is 2.25. The number of hydrogen-bond acceptors (Lipinski definition) is 1. The van der Waals surface area contributed by atoms with Crippen LogP contribution >= 0.6 is 11.6 Å². The molecule has 23 heavy (non-hydrogen) atoms. The first-order valence-corrected chi connectivity index (χ1v) is 8.92. The Hall–Kier alpha value is -1.29. The first-order chi connectivity index (χ1) is 11.0. The number of rotatable bonds is 2. The van der Waals surface area contributed by atoms with Crippen molar-refractivity contribution in [3.8, 4) is 0 Å². The third-order valence-corrected chi connectivity index (χ3v) is 6.09. The van der Waals surface area contributed by atoms with Gasteiger partial charge >= 0.3 is 6.03 Å². The van der Waals surface area contributed by atoms with E-state index in [1.807, 2.05) is 4.90 Å². The average molecular weight is 337 g/mol. The van der Waals surface area contributed by atoms with Gasteiger partial charge in [-0.3, -0.25) is 0 Å². The molecule has 0 spiro atoms. The summed E-state index contributed by atoms with van der Waals surface area (Å²) >= 11 is 6.16. The van der Waals surface area contributed by atoms with Gasteiger partial charge in [0.2, 0.25) is 0 Å². The molecule has 1 aromatic carbocycles. The van der Waals surface area contributed by atoms with Gasteiger partial charge in [0.25, 0.3) is 0 Å². The number of urea groups is 1. The summed E-state index contributed by atoms with van der Waals surface area (Å²) in [5, 5.41) is 3.38. The SMILES string of the molecule is CC1CC2C[C@@H](C1)N2C(=O)Nc1ccc(Cl)c(C2(F)CCC2)c1. The molecular formula is C18H22ClFN2O. The van der Waals surface area contributed by atoms with Crippen LogP contribution in [0.2, 0.25) is 5.02 Å². The summed E-state index contributed by atoms with van der Waals surface area (Å²) in [6.07, 6.45) is 5.21. The second kappa shape index (κ2) is 5.37. The molecule has 4 aliphatic rings. The molecule has 2 bridgehead atoms. The Balaban J connectivity index is 1.49. The number of nitrogens with one attached hydrogen (secondary N) is 1. The van der Waals surface area contributed by atoms with E-state index >= 15 is 0 Å². The van der Waals surface area contributed by atoms with E-state index in [4.69, 9.17) is 11.6 Å². The zero-order valence-electron chi connectivity index (χ0n) is 13.3. The molecular weight excluding hydrogens is 315 g/mol. The number of hydrogen-bond donors (Lipinski definition) is 1. The highest BCUT2D eigenvalue weighted by Gasteiger charge is 2.46. The molecule has 2 saturated heterocycles. The summed E-state index contributed by atoms with van der Waals surface area (Å²) in [5.41, 5.74) is -0.169. The van der Waals surface area contributed by atoms with Gasteiger partial charge in [-0.05, 0) is 62.6 Å². The van der Waals surface area contributed by atoms with E-state index in [-0.39, 0.29) is 6.03 Å². The van der Waals surface area contributed by atoms with E-state index in [0.29, 0.717) is 47.1 Å². The topological polar surface area (TPSA) is 32.3 Å². The number of nitrogens with zero attached hydrogens (tertiary/aromatic N) is 1. The van der Waals surface area contributed by atoms with E-state index in [1.165, 1.54) is 0 Å². The Morgan fingerprint density at radius 1 is 1.30 bits per heavy atom. The number of fused-ring (bicyclic) bond motifs is 2. The lowest BCUT2D eigenvalue weighted by molar-refractivity contribution is -0.00602. The van der Waals surface area contributed by atoms with Crippen molar-refractivity contribution < 1.29 is 9.18 Å². The second-order valence-electron chi connectivity index (χ2n) is 7.47. The monoisotopic (exact) mass is 336 g/mol. The third-order valence-electron chi connectivity index (χ3n) is 5.76. The number of carbonyl (C=O) groups is 1. The maximum atomic E-state index is 14.7. The van der Waals surface area contributed by atoms with E-state index in [1.54, 1.807) is 18.2 Å². The fourth-order valence-electron chi connectivity index (χ4n) is 4.37. The van der Waals surface area contributed by atoms with Crippen LogP contribution in [0.3, 0.4) is 0 Å². The van der Waals surface area contributed by atoms with Gasteiger partial charge in [0, 0.05) is 28.4 Å². The van der Waals surface area contributed by atoms with Crippen molar-refractivity contribution in [1.29, 1.82) is 0 Å². The molecule has 1 aromatic rings. The predicted molar refractivity (Wildman–Crippen MR) is 89.5 cm³/mol. The van der Waals surface area contributed by atoms with Crippen LogP contribution in [0.25, 0.3) is 0 Å². The minimum absolute atomic E-state index is 0.0621. The molecule has 5 rings (SSSR count). The van der Waals surface area contributed by atoms with Crippen LogP contribution in [0.1, 0.15) is 51.0 Å². The van der Waals surface area contributed by atoms with Crippen LogP contribution in [-0.4, -0.2) is 23.0 Å². The molecule has 0 radical (unpaired) electrons. The highest BCUT2D eigenvalue weighted by molar-refractivity contribution is 6.31. The third kappa shape index (κ3) is 2.51. The molecule has 3 atom stereocenters. The molecule has 0 aromatic heterocycles. The van der Waals surface area contributed by atoms with Crippen molar-refractivity contribution in [1.82, 2.24) is 4.90 Å². The lowest BCUT2D eigenvalue weighted by atomic mass is 9.74. The van der Waals surface area contributed by atoms with Gasteiger partial charge in [-0.2, -0.15) is 0 Å². The summed E-state index contributed by atoms with van der Waals surface area (Å²) in [4.78, 5) is 14.5. The quantitative estimate of drug-likeness (QED) is 0.801. The Morgan fingerprint density at radius 3 is 2.61 bits per heavy atom. The fourth-order valence-corrected chi connectivity index (χ4v) is 4.66. The van der Waals surface area contributed by atoms with Crippen molar-refractivity contribution in [3.05, 3.63) is 28.8 Å². The van der Waals surface area contributed by atoms with E-state index in [0.717, 1.165) is 25.7 Å². The maximum Gasteiger partial charge on any atom is 0.322 e. The number of anilines is 1. The van der Waals surface area contributed by atoms with Crippen LogP contribution in [0.4, 0.5) is 14.9 Å². The molecule has 2 aliphatic carbocycles. The number of halogens is 2. The zero-order chi connectivity index (χ0) is 16.2. The number of amides is 2. The normalized spacial score (nSPS) is 31.1. The van der Waals surface area contributed by atoms with E-state index < -0.39 is 5.67 Å². The van der Waals surface area contributed by atoms with Gasteiger partial charge in [0.15, 0.2) is 0 Å². The second-order valence-corrected chi connectivity index (χ2v) is 7.88. The van der Waals surface area contributed by atoms with Gasteiger partial charge in [0.05, 0.1) is 0 Å². The number of benzene rings is 1. The Kier molecular flexibility index (Phi) is 3.56. The first kappa shape index (κ1) is 15.3. The predicted octanol–water partition coefficient (Wildman–Crippen LogP) is 5.09. The summed E-state index contributed by atoms with van der Waals surface area (Å²) < 4.78 is 14.7. The molecule has 4 fully saturated rings. The van der Waals surface area contributed by atoms with Crippen molar-refractivity contribution >= 4 is 23.3 Å². The van der Waals surface area contributed by atoms with Crippen molar-refractivity contribution in [2.24, 2.45) is 5.92 Å². The molecule has 2 amide bonds. The van der Waals surface area contributed by atoms with Gasteiger partial charge in [-0.1, -0.05) is 18.5 Å². The summed E-state index contributed by atoms with van der Waals surface area (Å²) in [5.74, 6) is 0.704. The maximum absolute atomic E-state index is 14.7. The Bertz CT molecular complexity index is 634. The molecule has 2 heterocycles. The first-order valence-electron chi connectivity index (χ1n) is 8.54. The average Bonchev–Trinajstić information content (AvgIpc) is 2.46. The standard InChI is InChI=1S/C18H22ClFN2O/c1-11-7-13-10-14(8-11)22(13)17(23)21-12-3-4-16(19)15(9-12)18(20)5-2-6-18/h3-4,9,11,13-14H,2,5-8,10H2,1H3,(H,21,23)/t11?,13-,14?/m1/s1. The molecule has 1 N–H and O–H groups in total. The molecule has 2 saturated carbocycles. The van der Waals surface area contributed by atoms with Crippen LogP contribution in [-0.2, 0) is 5.67 Å². The fraction of sp³-hybridized carbons (Fsp3) is 0.611. The van der Waals surface area contributed by atoms with Crippen LogP contribution in [0.5, 0.6) is 0 Å². The largest absolute Gasteiger partial charge is 0.322 e. The number of piperidine rings is 1. The molecule has 5 heteroatoms. The number of carbonyl (C=O) groups excluding carboxylic acids is 1. The lowest BCUT2D eigenvalue weighted by Gasteiger charge is -2.54. The minimum atomic E-state index is -1.32. The Morgan fingerprint density at radius 2 is 2.00 bits per heavy atom. The van der Waals surface area contributed by atoms with Gasteiger partial charge in [0.1, 0.15) is 5.67 Å². The van der Waals surface area contributed by atoms with E-state index in [2.05, 4.69) is 12.2 Å². The Labute approximate surface area is 141 Å². The van der Waals surface area contributed by atoms with Crippen molar-refractivity contribution in [3.63, 3.8) is 0 Å². The van der Waals surface area contributed by atoms with Crippen molar-refractivity contribution in [2.75, 3.05) is 5.32 Å². The summed E-state index contributed by atoms with van der Waals surface area (Å²) in [7, 11) is 0. The van der Waals surface area contributed by atoms with Gasteiger partial charge in [-0.15, -0.1) is 0 Å². The van der Waals surface area contributed by atoms with Crippen LogP contribution in [0.15, 0.2) is 18.2 Å². The van der Waals surface area contributed by atoms with Gasteiger partial charge < -0.3 is 10.2 Å².